The van der Waals surface area contributed by atoms with Gasteiger partial charge >= 0.3 is 11.9 Å². The zero-order valence-corrected chi connectivity index (χ0v) is 11.5. The minimum atomic E-state index is -0.718. The van der Waals surface area contributed by atoms with Gasteiger partial charge in [-0.25, -0.2) is 9.59 Å². The molecule has 0 bridgehead atoms. The summed E-state index contributed by atoms with van der Waals surface area (Å²) in [6.07, 6.45) is 4.74. The van der Waals surface area contributed by atoms with Crippen LogP contribution in [0.4, 0.5) is 0 Å². The summed E-state index contributed by atoms with van der Waals surface area (Å²) in [4.78, 5) is 22.7. The van der Waals surface area contributed by atoms with E-state index in [2.05, 4.69) is 9.47 Å². The number of nitrogens with two attached hydrogens (primary N) is 1. The van der Waals surface area contributed by atoms with E-state index in [0.29, 0.717) is 0 Å². The number of allylic oxidation sites excluding steroid dienone is 2. The zero-order valence-electron chi connectivity index (χ0n) is 11.5. The Morgan fingerprint density at radius 3 is 2.25 bits per heavy atom. The smallest absolute Gasteiger partial charge is 0.345 e. The van der Waals surface area contributed by atoms with Gasteiger partial charge in [0.05, 0.1) is 20.4 Å². The molecule has 20 heavy (non-hydrogen) atoms. The summed E-state index contributed by atoms with van der Waals surface area (Å²) >= 11 is 0. The quantitative estimate of drug-likeness (QED) is 0.271. The number of ether oxygens (including phenoxy) is 2. The molecule has 0 heterocycles. The molecule has 106 valence electrons. The van der Waals surface area contributed by atoms with Crippen molar-refractivity contribution in [2.45, 2.75) is 6.54 Å². The third kappa shape index (κ3) is 5.07. The van der Waals surface area contributed by atoms with Crippen LogP contribution in [-0.2, 0) is 25.6 Å². The lowest BCUT2D eigenvalue weighted by atomic mass is 10.2. The van der Waals surface area contributed by atoms with Gasteiger partial charge in [0, 0.05) is 5.56 Å². The summed E-state index contributed by atoms with van der Waals surface area (Å²) in [5.74, 6) is -1.44. The molecule has 0 atom stereocenters. The first-order valence-corrected chi connectivity index (χ1v) is 6.09. The van der Waals surface area contributed by atoms with Crippen LogP contribution >= 0.6 is 0 Å². The zero-order chi connectivity index (χ0) is 14.8. The van der Waals surface area contributed by atoms with Crippen molar-refractivity contribution in [3.8, 4) is 0 Å². The van der Waals surface area contributed by atoms with Crippen molar-refractivity contribution in [1.29, 1.82) is 0 Å². The second-order valence-corrected chi connectivity index (χ2v) is 3.87. The van der Waals surface area contributed by atoms with Gasteiger partial charge in [-0.15, -0.1) is 0 Å². The molecule has 0 aromatic heterocycles. The van der Waals surface area contributed by atoms with Crippen molar-refractivity contribution in [3.63, 3.8) is 0 Å². The van der Waals surface area contributed by atoms with Crippen LogP contribution in [0.15, 0.2) is 54.3 Å². The second-order valence-electron chi connectivity index (χ2n) is 3.87. The number of esters is 2. The highest BCUT2D eigenvalue weighted by molar-refractivity contribution is 6.14. The Labute approximate surface area is 117 Å². The fourth-order valence-electron chi connectivity index (χ4n) is 1.49. The molecule has 0 spiro atoms. The molecule has 1 aromatic carbocycles. The lowest BCUT2D eigenvalue weighted by Gasteiger charge is -2.01. The highest BCUT2D eigenvalue weighted by atomic mass is 16.5. The van der Waals surface area contributed by atoms with E-state index in [9.17, 15) is 9.59 Å². The molecule has 0 aliphatic heterocycles. The van der Waals surface area contributed by atoms with Crippen LogP contribution in [0, 0.1) is 0 Å². The molecule has 0 aliphatic rings. The van der Waals surface area contributed by atoms with E-state index in [0.717, 1.165) is 6.54 Å². The summed E-state index contributed by atoms with van der Waals surface area (Å²) in [5, 5.41) is 1.93. The second kappa shape index (κ2) is 8.66. The Morgan fingerprint density at radius 2 is 1.70 bits per heavy atom. The van der Waals surface area contributed by atoms with E-state index in [1.807, 2.05) is 35.6 Å². The Morgan fingerprint density at radius 1 is 1.10 bits per heavy atom. The molecular weight excluding hydrogens is 258 g/mol. The van der Waals surface area contributed by atoms with Crippen molar-refractivity contribution in [2.75, 3.05) is 14.2 Å². The van der Waals surface area contributed by atoms with Crippen molar-refractivity contribution >= 4 is 11.9 Å². The van der Waals surface area contributed by atoms with E-state index < -0.39 is 11.9 Å². The number of benzene rings is 1. The minimum Gasteiger partial charge on any atom is -0.465 e. The fraction of sp³-hybridized carbons (Fsp3) is 0.200. The van der Waals surface area contributed by atoms with Crippen LogP contribution < -0.4 is 5.32 Å². The molecule has 2 N–H and O–H groups in total. The SMILES string of the molecule is COC(=O)C(=C/C=C/[NH2+]Cc1ccccc1)C(=O)OC. The maximum absolute atomic E-state index is 11.4. The van der Waals surface area contributed by atoms with Gasteiger partial charge in [-0.1, -0.05) is 30.3 Å². The third-order valence-electron chi connectivity index (χ3n) is 2.52. The standard InChI is InChI=1S/C15H17NO4/c1-19-14(17)13(15(18)20-2)9-6-10-16-11-12-7-4-3-5-8-12/h3-10,16H,11H2,1-2H3/p+1/b10-6+. The molecule has 0 fully saturated rings. The van der Waals surface area contributed by atoms with Crippen LogP contribution in [0.1, 0.15) is 5.56 Å². The highest BCUT2D eigenvalue weighted by Crippen LogP contribution is 2.00. The summed E-state index contributed by atoms with van der Waals surface area (Å²) in [6, 6.07) is 9.95. The molecule has 0 unspecified atom stereocenters. The number of carbonyl (C=O) groups is 2. The lowest BCUT2D eigenvalue weighted by Crippen LogP contribution is -2.76. The van der Waals surface area contributed by atoms with Gasteiger partial charge in [-0.3, -0.25) is 0 Å². The monoisotopic (exact) mass is 276 g/mol. The first kappa shape index (κ1) is 15.7. The van der Waals surface area contributed by atoms with Crippen molar-refractivity contribution in [1.82, 2.24) is 0 Å². The minimum absolute atomic E-state index is 0.139. The summed E-state index contributed by atoms with van der Waals surface area (Å²) < 4.78 is 9.02. The van der Waals surface area contributed by atoms with Crippen LogP contribution in [-0.4, -0.2) is 26.2 Å². The van der Waals surface area contributed by atoms with Crippen molar-refractivity contribution in [2.24, 2.45) is 0 Å². The summed E-state index contributed by atoms with van der Waals surface area (Å²) in [6.45, 7) is 0.775. The van der Waals surface area contributed by atoms with Gasteiger partial charge in [-0.2, -0.15) is 0 Å². The van der Waals surface area contributed by atoms with Gasteiger partial charge in [0.15, 0.2) is 0 Å². The lowest BCUT2D eigenvalue weighted by molar-refractivity contribution is -0.604. The van der Waals surface area contributed by atoms with Crippen LogP contribution in [0.3, 0.4) is 0 Å². The van der Waals surface area contributed by atoms with Crippen LogP contribution in [0.2, 0.25) is 0 Å². The third-order valence-corrected chi connectivity index (χ3v) is 2.52. The van der Waals surface area contributed by atoms with E-state index >= 15 is 0 Å². The van der Waals surface area contributed by atoms with Gasteiger partial charge in [0.25, 0.3) is 0 Å². The van der Waals surface area contributed by atoms with Gasteiger partial charge < -0.3 is 14.8 Å². The Kier molecular flexibility index (Phi) is 6.78. The maximum Gasteiger partial charge on any atom is 0.345 e. The number of rotatable bonds is 6. The first-order valence-electron chi connectivity index (χ1n) is 6.09. The Bertz CT molecular complexity index is 488. The first-order chi connectivity index (χ1) is 9.69. The van der Waals surface area contributed by atoms with Gasteiger partial charge in [0.1, 0.15) is 12.1 Å². The topological polar surface area (TPSA) is 69.2 Å². The van der Waals surface area contributed by atoms with Gasteiger partial charge in [0.2, 0.25) is 0 Å². The van der Waals surface area contributed by atoms with E-state index in [1.54, 1.807) is 12.3 Å². The number of methoxy groups -OCH3 is 2. The predicted octanol–water partition coefficient (Wildman–Crippen LogP) is 0.536. The Balaban J connectivity index is 2.56. The predicted molar refractivity (Wildman–Crippen MR) is 73.3 cm³/mol. The largest absolute Gasteiger partial charge is 0.465 e. The van der Waals surface area contributed by atoms with E-state index in [-0.39, 0.29) is 5.57 Å². The molecule has 5 nitrogen and oxygen atoms in total. The molecule has 0 aliphatic carbocycles. The number of carbonyl (C=O) groups excluding carboxylic acids is 2. The molecule has 0 radical (unpaired) electrons. The fourth-order valence-corrected chi connectivity index (χ4v) is 1.49. The van der Waals surface area contributed by atoms with E-state index in [1.165, 1.54) is 25.9 Å². The average Bonchev–Trinajstić information content (AvgIpc) is 2.50. The van der Waals surface area contributed by atoms with Crippen molar-refractivity contribution in [3.05, 3.63) is 59.8 Å². The molecule has 1 rings (SSSR count). The molecule has 0 amide bonds. The molecule has 1 aromatic rings. The molecule has 5 heteroatoms. The molecular formula is C15H18NO4+. The summed E-state index contributed by atoms with van der Waals surface area (Å²) in [5.41, 5.74) is 1.04. The molecule has 0 saturated carbocycles. The maximum atomic E-state index is 11.4. The van der Waals surface area contributed by atoms with Crippen molar-refractivity contribution < 1.29 is 24.4 Å². The highest BCUT2D eigenvalue weighted by Gasteiger charge is 2.18. The number of hydrogen-bond acceptors (Lipinski definition) is 4. The number of quaternary nitrogens is 1. The normalized spacial score (nSPS) is 10.1. The average molecular weight is 276 g/mol. The summed E-state index contributed by atoms with van der Waals surface area (Å²) in [7, 11) is 2.43. The van der Waals surface area contributed by atoms with Crippen LogP contribution in [0.5, 0.6) is 0 Å². The van der Waals surface area contributed by atoms with Gasteiger partial charge in [-0.05, 0) is 12.2 Å². The molecule has 0 saturated heterocycles. The van der Waals surface area contributed by atoms with E-state index in [4.69, 9.17) is 0 Å². The Hall–Kier alpha value is -2.40. The number of hydrogen-bond donors (Lipinski definition) is 1. The van der Waals surface area contributed by atoms with Crippen LogP contribution in [0.25, 0.3) is 0 Å².